The first-order valence-corrected chi connectivity index (χ1v) is 8.35. The summed E-state index contributed by atoms with van der Waals surface area (Å²) in [5.74, 6) is 0.204. The molecule has 1 heterocycles. The number of rotatable bonds is 8. The summed E-state index contributed by atoms with van der Waals surface area (Å²) in [5.41, 5.74) is 2.26. The van der Waals surface area contributed by atoms with E-state index in [9.17, 15) is 9.18 Å². The van der Waals surface area contributed by atoms with E-state index >= 15 is 0 Å². The summed E-state index contributed by atoms with van der Waals surface area (Å²) in [6.45, 7) is 3.96. The number of aromatic nitrogens is 2. The van der Waals surface area contributed by atoms with E-state index in [4.69, 9.17) is 0 Å². The molecule has 0 bridgehead atoms. The molecule has 0 aliphatic rings. The van der Waals surface area contributed by atoms with E-state index in [1.807, 2.05) is 37.6 Å². The number of anilines is 1. The van der Waals surface area contributed by atoms with E-state index in [-0.39, 0.29) is 11.5 Å². The second-order valence-electron chi connectivity index (χ2n) is 6.17. The first-order valence-electron chi connectivity index (χ1n) is 8.35. The van der Waals surface area contributed by atoms with Crippen LogP contribution in [0.5, 0.6) is 0 Å². The van der Waals surface area contributed by atoms with Crippen LogP contribution in [0.4, 0.5) is 10.2 Å². The van der Waals surface area contributed by atoms with E-state index in [1.165, 1.54) is 17.7 Å². The molecule has 0 unspecified atom stereocenters. The molecule has 0 aliphatic carbocycles. The number of hydrogen-bond donors (Lipinski definition) is 2. The van der Waals surface area contributed by atoms with Crippen LogP contribution >= 0.6 is 0 Å². The monoisotopic (exact) mass is 347 g/mol. The summed E-state index contributed by atoms with van der Waals surface area (Å²) in [7, 11) is 5.93. The molecule has 2 aromatic rings. The van der Waals surface area contributed by atoms with Crippen LogP contribution in [0.1, 0.15) is 28.0 Å². The maximum atomic E-state index is 13.5. The zero-order chi connectivity index (χ0) is 18.4. The van der Waals surface area contributed by atoms with Crippen molar-refractivity contribution >= 4 is 11.7 Å². The van der Waals surface area contributed by atoms with Gasteiger partial charge >= 0.3 is 0 Å². The van der Waals surface area contributed by atoms with Crippen molar-refractivity contribution in [3.63, 3.8) is 0 Å². The summed E-state index contributed by atoms with van der Waals surface area (Å²) in [6.07, 6.45) is 0.761. The van der Waals surface area contributed by atoms with E-state index < -0.39 is 5.82 Å². The number of hydrogen-bond acceptors (Lipinski definition) is 4. The smallest absolute Gasteiger partial charge is 0.254 e. The minimum absolute atomic E-state index is 0.0806. The normalized spacial score (nSPS) is 10.8. The first kappa shape index (κ1) is 18.9. The zero-order valence-electron chi connectivity index (χ0n) is 15.3. The number of amides is 1. The van der Waals surface area contributed by atoms with Gasteiger partial charge in [0.2, 0.25) is 0 Å². The minimum Gasteiger partial charge on any atom is -0.363 e. The lowest BCUT2D eigenvalue weighted by molar-refractivity contribution is 0.0949. The van der Waals surface area contributed by atoms with Gasteiger partial charge in [-0.05, 0) is 32.0 Å². The number of nitrogens with zero attached hydrogens (tertiary/aromatic N) is 3. The molecule has 0 atom stereocenters. The van der Waals surface area contributed by atoms with Crippen LogP contribution in [0.15, 0.2) is 24.3 Å². The third kappa shape index (κ3) is 4.79. The fraction of sp³-hybridized carbons (Fsp3) is 0.444. The number of aryl methyl sites for hydroxylation is 2. The molecule has 0 fully saturated rings. The summed E-state index contributed by atoms with van der Waals surface area (Å²) in [4.78, 5) is 13.9. The van der Waals surface area contributed by atoms with Crippen LogP contribution in [0.2, 0.25) is 0 Å². The molecule has 0 saturated carbocycles. The van der Waals surface area contributed by atoms with Crippen molar-refractivity contribution in [3.05, 3.63) is 46.9 Å². The highest BCUT2D eigenvalue weighted by molar-refractivity contribution is 5.94. The molecule has 0 saturated heterocycles. The quantitative estimate of drug-likeness (QED) is 0.716. The molecular formula is C18H26FN5O. The van der Waals surface area contributed by atoms with E-state index in [0.717, 1.165) is 24.5 Å². The van der Waals surface area contributed by atoms with Crippen molar-refractivity contribution in [2.75, 3.05) is 32.1 Å². The first-order chi connectivity index (χ1) is 11.9. The Balaban J connectivity index is 1.74. The predicted octanol–water partition coefficient (Wildman–Crippen LogP) is 1.84. The molecular weight excluding hydrogens is 321 g/mol. The molecule has 0 spiro atoms. The van der Waals surface area contributed by atoms with Gasteiger partial charge in [0.25, 0.3) is 5.91 Å². The summed E-state index contributed by atoms with van der Waals surface area (Å²) >= 11 is 0. The van der Waals surface area contributed by atoms with Crippen LogP contribution in [0.25, 0.3) is 0 Å². The molecule has 1 amide bonds. The molecule has 136 valence electrons. The van der Waals surface area contributed by atoms with Gasteiger partial charge < -0.3 is 15.5 Å². The number of halogens is 1. The largest absolute Gasteiger partial charge is 0.363 e. The van der Waals surface area contributed by atoms with Gasteiger partial charge in [-0.3, -0.25) is 9.48 Å². The highest BCUT2D eigenvalue weighted by Gasteiger charge is 2.14. The molecule has 0 radical (unpaired) electrons. The standard InChI is InChI=1S/C18H26FN5O/c1-13-15(18(23(2)3)24(4)22-13)12-20-10-7-11-21-17(25)14-8-5-6-9-16(14)19/h5-6,8-9,20H,7,10-12H2,1-4H3,(H,21,25). The van der Waals surface area contributed by atoms with Gasteiger partial charge in [0.15, 0.2) is 0 Å². The Bertz CT molecular complexity index is 726. The van der Waals surface area contributed by atoms with E-state index in [2.05, 4.69) is 15.7 Å². The average Bonchev–Trinajstić information content (AvgIpc) is 2.84. The Labute approximate surface area is 148 Å². The van der Waals surface area contributed by atoms with Gasteiger partial charge in [-0.15, -0.1) is 0 Å². The SMILES string of the molecule is Cc1nn(C)c(N(C)C)c1CNCCCNC(=O)c1ccccc1F. The van der Waals surface area contributed by atoms with E-state index in [0.29, 0.717) is 13.1 Å². The average molecular weight is 347 g/mol. The summed E-state index contributed by atoms with van der Waals surface area (Å²) < 4.78 is 15.4. The second kappa shape index (κ2) is 8.62. The number of nitrogens with one attached hydrogen (secondary N) is 2. The Morgan fingerprint density at radius 1 is 1.28 bits per heavy atom. The van der Waals surface area contributed by atoms with Crippen molar-refractivity contribution in [3.8, 4) is 0 Å². The van der Waals surface area contributed by atoms with Gasteiger partial charge in [-0.25, -0.2) is 4.39 Å². The Morgan fingerprint density at radius 2 is 2.00 bits per heavy atom. The third-order valence-corrected chi connectivity index (χ3v) is 3.97. The van der Waals surface area contributed by atoms with Crippen LogP contribution in [-0.2, 0) is 13.6 Å². The third-order valence-electron chi connectivity index (χ3n) is 3.97. The topological polar surface area (TPSA) is 62.2 Å². The predicted molar refractivity (Wildman–Crippen MR) is 97.3 cm³/mol. The van der Waals surface area contributed by atoms with E-state index in [1.54, 1.807) is 12.1 Å². The van der Waals surface area contributed by atoms with Crippen molar-refractivity contribution < 1.29 is 9.18 Å². The van der Waals surface area contributed by atoms with Crippen LogP contribution < -0.4 is 15.5 Å². The summed E-state index contributed by atoms with van der Waals surface area (Å²) in [5, 5.41) is 10.6. The van der Waals surface area contributed by atoms with Gasteiger partial charge in [0.1, 0.15) is 11.6 Å². The lowest BCUT2D eigenvalue weighted by atomic mass is 10.2. The Kier molecular flexibility index (Phi) is 6.52. The van der Waals surface area contributed by atoms with Gasteiger partial charge in [-0.2, -0.15) is 5.10 Å². The number of carbonyl (C=O) groups is 1. The van der Waals surface area contributed by atoms with Crippen LogP contribution in [-0.4, -0.2) is 42.9 Å². The zero-order valence-corrected chi connectivity index (χ0v) is 15.3. The minimum atomic E-state index is -0.499. The number of benzene rings is 1. The lowest BCUT2D eigenvalue weighted by Gasteiger charge is -2.15. The molecule has 2 rings (SSSR count). The highest BCUT2D eigenvalue weighted by atomic mass is 19.1. The second-order valence-corrected chi connectivity index (χ2v) is 6.17. The summed E-state index contributed by atoms with van der Waals surface area (Å²) in [6, 6.07) is 5.99. The molecule has 2 N–H and O–H groups in total. The van der Waals surface area contributed by atoms with Crippen LogP contribution in [0.3, 0.4) is 0 Å². The van der Waals surface area contributed by atoms with Gasteiger partial charge in [0, 0.05) is 39.8 Å². The maximum absolute atomic E-state index is 13.5. The lowest BCUT2D eigenvalue weighted by Crippen LogP contribution is -2.28. The van der Waals surface area contributed by atoms with Gasteiger partial charge in [-0.1, -0.05) is 12.1 Å². The van der Waals surface area contributed by atoms with Crippen molar-refractivity contribution in [2.24, 2.45) is 7.05 Å². The molecule has 7 heteroatoms. The Hall–Kier alpha value is -2.41. The van der Waals surface area contributed by atoms with Gasteiger partial charge in [0.05, 0.1) is 11.3 Å². The van der Waals surface area contributed by atoms with Crippen LogP contribution in [0, 0.1) is 12.7 Å². The molecule has 25 heavy (non-hydrogen) atoms. The van der Waals surface area contributed by atoms with Crippen molar-refractivity contribution in [1.82, 2.24) is 20.4 Å². The molecule has 0 aliphatic heterocycles. The fourth-order valence-corrected chi connectivity index (χ4v) is 2.83. The number of carbonyl (C=O) groups excluding carboxylic acids is 1. The molecule has 1 aromatic carbocycles. The van der Waals surface area contributed by atoms with Crippen molar-refractivity contribution in [2.45, 2.75) is 19.9 Å². The molecule has 1 aromatic heterocycles. The fourth-order valence-electron chi connectivity index (χ4n) is 2.83. The maximum Gasteiger partial charge on any atom is 0.254 e. The Morgan fingerprint density at radius 3 is 2.68 bits per heavy atom. The van der Waals surface area contributed by atoms with Crippen molar-refractivity contribution in [1.29, 1.82) is 0 Å². The molecule has 6 nitrogen and oxygen atoms in total. The highest BCUT2D eigenvalue weighted by Crippen LogP contribution is 2.20.